The van der Waals surface area contributed by atoms with Gasteiger partial charge in [-0.1, -0.05) is 24.3 Å². The van der Waals surface area contributed by atoms with Crippen molar-refractivity contribution in [1.82, 2.24) is 14.9 Å². The SMILES string of the molecule is N#C/C(=C/N1CCN(c2ncccn2)CC1)C(=O)Nc1cccc2c(O)cccc12. The molecule has 2 aromatic carbocycles. The highest BCUT2D eigenvalue weighted by Gasteiger charge is 2.19. The summed E-state index contributed by atoms with van der Waals surface area (Å²) in [5.74, 6) is 0.334. The Bertz CT molecular complexity index is 1130. The average Bonchev–Trinajstić information content (AvgIpc) is 2.79. The first-order chi connectivity index (χ1) is 14.7. The second kappa shape index (κ2) is 8.49. The Labute approximate surface area is 173 Å². The summed E-state index contributed by atoms with van der Waals surface area (Å²) >= 11 is 0. The predicted molar refractivity (Wildman–Crippen MR) is 114 cm³/mol. The topological polar surface area (TPSA) is 105 Å². The van der Waals surface area contributed by atoms with E-state index in [9.17, 15) is 15.2 Å². The Morgan fingerprint density at radius 2 is 1.73 bits per heavy atom. The molecule has 1 aliphatic heterocycles. The van der Waals surface area contributed by atoms with Crippen LogP contribution in [0.4, 0.5) is 11.6 Å². The lowest BCUT2D eigenvalue weighted by atomic mass is 10.1. The Morgan fingerprint density at radius 3 is 2.47 bits per heavy atom. The van der Waals surface area contributed by atoms with Gasteiger partial charge >= 0.3 is 0 Å². The molecule has 0 unspecified atom stereocenters. The minimum atomic E-state index is -0.484. The molecule has 1 aliphatic rings. The third-order valence-corrected chi connectivity index (χ3v) is 4.97. The maximum absolute atomic E-state index is 12.7. The summed E-state index contributed by atoms with van der Waals surface area (Å²) in [5.41, 5.74) is 0.567. The van der Waals surface area contributed by atoms with Crippen molar-refractivity contribution in [3.8, 4) is 11.8 Å². The highest BCUT2D eigenvalue weighted by atomic mass is 16.3. The van der Waals surface area contributed by atoms with Gasteiger partial charge in [0, 0.05) is 61.2 Å². The number of amides is 1. The Hall–Kier alpha value is -4.12. The minimum absolute atomic E-state index is 0.0246. The van der Waals surface area contributed by atoms with E-state index in [1.165, 1.54) is 0 Å². The van der Waals surface area contributed by atoms with Gasteiger partial charge in [-0.15, -0.1) is 0 Å². The number of hydrogen-bond donors (Lipinski definition) is 2. The molecule has 2 heterocycles. The van der Waals surface area contributed by atoms with Crippen LogP contribution in [0.1, 0.15) is 0 Å². The first-order valence-corrected chi connectivity index (χ1v) is 9.56. The van der Waals surface area contributed by atoms with E-state index in [-0.39, 0.29) is 11.3 Å². The molecule has 0 atom stereocenters. The molecule has 8 heteroatoms. The van der Waals surface area contributed by atoms with E-state index in [0.29, 0.717) is 48.6 Å². The molecule has 1 amide bonds. The van der Waals surface area contributed by atoms with Gasteiger partial charge in [0.1, 0.15) is 17.4 Å². The molecule has 150 valence electrons. The fourth-order valence-corrected chi connectivity index (χ4v) is 3.42. The number of carbonyl (C=O) groups is 1. The maximum atomic E-state index is 12.7. The number of hydrogen-bond acceptors (Lipinski definition) is 7. The van der Waals surface area contributed by atoms with E-state index in [0.717, 1.165) is 0 Å². The molecule has 1 fully saturated rings. The van der Waals surface area contributed by atoms with Crippen molar-refractivity contribution in [3.63, 3.8) is 0 Å². The number of piperazine rings is 1. The van der Waals surface area contributed by atoms with Crippen LogP contribution >= 0.6 is 0 Å². The number of phenols is 1. The number of phenolic OH excluding ortho intramolecular Hbond substituents is 1. The lowest BCUT2D eigenvalue weighted by Gasteiger charge is -2.34. The lowest BCUT2D eigenvalue weighted by Crippen LogP contribution is -2.45. The number of nitrogens with zero attached hydrogens (tertiary/aromatic N) is 5. The van der Waals surface area contributed by atoms with Crippen LogP contribution in [-0.4, -0.2) is 52.1 Å². The van der Waals surface area contributed by atoms with Gasteiger partial charge in [0.15, 0.2) is 0 Å². The van der Waals surface area contributed by atoms with Crippen LogP contribution in [0.15, 0.2) is 66.6 Å². The molecule has 1 aromatic heterocycles. The van der Waals surface area contributed by atoms with Crippen molar-refractivity contribution in [1.29, 1.82) is 5.26 Å². The van der Waals surface area contributed by atoms with Crippen LogP contribution in [0.5, 0.6) is 5.75 Å². The van der Waals surface area contributed by atoms with Crippen molar-refractivity contribution >= 4 is 28.3 Å². The molecule has 0 aliphatic carbocycles. The number of fused-ring (bicyclic) bond motifs is 1. The van der Waals surface area contributed by atoms with Gasteiger partial charge in [0.05, 0.1) is 0 Å². The molecule has 8 nitrogen and oxygen atoms in total. The summed E-state index contributed by atoms with van der Waals surface area (Å²) in [6, 6.07) is 14.1. The molecule has 1 saturated heterocycles. The lowest BCUT2D eigenvalue weighted by molar-refractivity contribution is -0.112. The van der Waals surface area contributed by atoms with Gasteiger partial charge in [-0.3, -0.25) is 4.79 Å². The van der Waals surface area contributed by atoms with E-state index in [1.807, 2.05) is 17.0 Å². The standard InChI is InChI=1S/C22H20N6O2/c23-14-16(15-27-10-12-28(13-11-27)22-24-8-3-9-25-22)21(30)26-19-6-1-5-18-17(19)4-2-7-20(18)29/h1-9,15,29H,10-13H2,(H,26,30)/b16-15-. The Balaban J connectivity index is 1.46. The van der Waals surface area contributed by atoms with Crippen molar-refractivity contribution in [2.75, 3.05) is 36.4 Å². The van der Waals surface area contributed by atoms with Gasteiger partial charge < -0.3 is 20.2 Å². The number of anilines is 2. The molecule has 0 radical (unpaired) electrons. The van der Waals surface area contributed by atoms with Crippen LogP contribution in [0.25, 0.3) is 10.8 Å². The van der Waals surface area contributed by atoms with Crippen LogP contribution < -0.4 is 10.2 Å². The summed E-state index contributed by atoms with van der Waals surface area (Å²) < 4.78 is 0. The van der Waals surface area contributed by atoms with Crippen molar-refractivity contribution in [2.24, 2.45) is 0 Å². The smallest absolute Gasteiger partial charge is 0.267 e. The highest BCUT2D eigenvalue weighted by molar-refractivity contribution is 6.11. The first-order valence-electron chi connectivity index (χ1n) is 9.56. The third kappa shape index (κ3) is 4.00. The predicted octanol–water partition coefficient (Wildman–Crippen LogP) is 2.50. The molecule has 0 bridgehead atoms. The number of nitrogens with one attached hydrogen (secondary N) is 1. The second-order valence-corrected chi connectivity index (χ2v) is 6.86. The van der Waals surface area contributed by atoms with E-state index in [2.05, 4.69) is 20.2 Å². The molecule has 30 heavy (non-hydrogen) atoms. The second-order valence-electron chi connectivity index (χ2n) is 6.86. The van der Waals surface area contributed by atoms with Gasteiger partial charge in [0.25, 0.3) is 5.91 Å². The van der Waals surface area contributed by atoms with Gasteiger partial charge in [0.2, 0.25) is 5.95 Å². The van der Waals surface area contributed by atoms with Crippen LogP contribution in [0.2, 0.25) is 0 Å². The zero-order valence-corrected chi connectivity index (χ0v) is 16.2. The summed E-state index contributed by atoms with van der Waals surface area (Å²) in [6.45, 7) is 2.70. The average molecular weight is 400 g/mol. The van der Waals surface area contributed by atoms with E-state index < -0.39 is 5.91 Å². The number of aromatic hydroxyl groups is 1. The highest BCUT2D eigenvalue weighted by Crippen LogP contribution is 2.30. The van der Waals surface area contributed by atoms with E-state index in [1.54, 1.807) is 55.0 Å². The van der Waals surface area contributed by atoms with Crippen molar-refractivity contribution in [2.45, 2.75) is 0 Å². The van der Waals surface area contributed by atoms with Gasteiger partial charge in [-0.25, -0.2) is 9.97 Å². The van der Waals surface area contributed by atoms with Crippen LogP contribution in [0.3, 0.4) is 0 Å². The Morgan fingerprint density at radius 1 is 1.03 bits per heavy atom. The molecule has 0 saturated carbocycles. The zero-order chi connectivity index (χ0) is 20.9. The van der Waals surface area contributed by atoms with Crippen molar-refractivity contribution < 1.29 is 9.90 Å². The third-order valence-electron chi connectivity index (χ3n) is 4.97. The fraction of sp³-hybridized carbons (Fsp3) is 0.182. The first kappa shape index (κ1) is 19.2. The summed E-state index contributed by atoms with van der Waals surface area (Å²) in [5, 5.41) is 23.7. The molecular formula is C22H20N6O2. The largest absolute Gasteiger partial charge is 0.507 e. The fourth-order valence-electron chi connectivity index (χ4n) is 3.42. The molecule has 3 aromatic rings. The normalized spacial score (nSPS) is 14.4. The maximum Gasteiger partial charge on any atom is 0.267 e. The van der Waals surface area contributed by atoms with Gasteiger partial charge in [-0.2, -0.15) is 5.26 Å². The number of rotatable bonds is 4. The number of aromatic nitrogens is 2. The number of carbonyl (C=O) groups excluding carboxylic acids is 1. The van der Waals surface area contributed by atoms with Gasteiger partial charge in [-0.05, 0) is 18.2 Å². The quantitative estimate of drug-likeness (QED) is 0.512. The number of nitriles is 1. The summed E-state index contributed by atoms with van der Waals surface area (Å²) in [6.07, 6.45) is 5.01. The Kier molecular flexibility index (Phi) is 5.44. The summed E-state index contributed by atoms with van der Waals surface area (Å²) in [7, 11) is 0. The van der Waals surface area contributed by atoms with E-state index >= 15 is 0 Å². The molecule has 4 rings (SSSR count). The number of benzene rings is 2. The van der Waals surface area contributed by atoms with Crippen molar-refractivity contribution in [3.05, 3.63) is 66.6 Å². The molecule has 2 N–H and O–H groups in total. The zero-order valence-electron chi connectivity index (χ0n) is 16.2. The monoisotopic (exact) mass is 400 g/mol. The van der Waals surface area contributed by atoms with Crippen LogP contribution in [0, 0.1) is 11.3 Å². The minimum Gasteiger partial charge on any atom is -0.507 e. The van der Waals surface area contributed by atoms with Crippen LogP contribution in [-0.2, 0) is 4.79 Å². The van der Waals surface area contributed by atoms with E-state index in [4.69, 9.17) is 0 Å². The molecule has 0 spiro atoms. The summed E-state index contributed by atoms with van der Waals surface area (Å²) in [4.78, 5) is 25.2. The molecular weight excluding hydrogens is 380 g/mol.